The Kier molecular flexibility index (Phi) is 15.4. The van der Waals surface area contributed by atoms with Crippen LogP contribution in [-0.4, -0.2) is 112 Å². The lowest BCUT2D eigenvalue weighted by Gasteiger charge is -2.35. The number of hydrogen-bond donors (Lipinski definition) is 2. The third-order valence-electron chi connectivity index (χ3n) is 12.1. The van der Waals surface area contributed by atoms with E-state index in [0.717, 1.165) is 66.3 Å². The molecular weight excluding hydrogens is 907 g/mol. The molecule has 0 radical (unpaired) electrons. The molecule has 2 atom stereocenters. The molecule has 6 aliphatic rings. The van der Waals surface area contributed by atoms with Crippen molar-refractivity contribution < 1.29 is 27.5 Å². The maximum Gasteiger partial charge on any atom is 0.254 e. The molecule has 350 valence electrons. The molecule has 6 aromatic rings. The molecule has 8 heterocycles. The Morgan fingerprint density at radius 3 is 2.06 bits per heavy atom. The second-order valence-electron chi connectivity index (χ2n) is 16.4. The quantitative estimate of drug-likeness (QED) is 0.149. The standard InChI is InChI=1S/C25H29N5O4S.C24H26N4O2S2/c1-17-6-7-19(35(32)28-21-14-18(2)22(33-3)16-23(21)34-4)15-20(17)24(31)29-10-12-30(13-11-29)25-26-8-5-9-27-25;29-23(27-12-14-28(15-13-27)24-25-11-16-31-24)22-17-21-10-7-19(22)4-2-1-3-18-5-8-20(9-6-18)26-32(21)30/h5-9,14-16,28H,10-13H2,1-4H3;5-11,16-17,26H,1-4,12-15H2. The maximum absolute atomic E-state index is 13.5. The minimum atomic E-state index is -1.60. The summed E-state index contributed by atoms with van der Waals surface area (Å²) < 4.78 is 43.0. The van der Waals surface area contributed by atoms with Crippen molar-refractivity contribution in [2.75, 3.05) is 85.8 Å². The number of ether oxygens (including phenoxy) is 2. The van der Waals surface area contributed by atoms with Crippen molar-refractivity contribution in [3.8, 4) is 11.5 Å². The Labute approximate surface area is 400 Å². The molecule has 2 aromatic heterocycles. The number of benzene rings is 4. The van der Waals surface area contributed by atoms with Crippen LogP contribution in [0.3, 0.4) is 0 Å². The van der Waals surface area contributed by atoms with E-state index in [1.807, 2.05) is 77.7 Å². The number of piperazine rings is 2. The molecule has 2 fully saturated rings. The highest BCUT2D eigenvalue weighted by molar-refractivity contribution is 7.86. The Morgan fingerprint density at radius 2 is 1.39 bits per heavy atom. The van der Waals surface area contributed by atoms with E-state index >= 15 is 0 Å². The van der Waals surface area contributed by atoms with Crippen LogP contribution >= 0.6 is 11.3 Å². The predicted molar refractivity (Wildman–Crippen MR) is 265 cm³/mol. The van der Waals surface area contributed by atoms with Crippen molar-refractivity contribution in [2.24, 2.45) is 0 Å². The highest BCUT2D eigenvalue weighted by Crippen LogP contribution is 2.34. The van der Waals surface area contributed by atoms with Crippen LogP contribution in [0.5, 0.6) is 11.5 Å². The van der Waals surface area contributed by atoms with Gasteiger partial charge in [0, 0.05) is 99.2 Å². The second-order valence-corrected chi connectivity index (χ2v) is 19.7. The molecule has 6 aliphatic heterocycles. The average Bonchev–Trinajstić information content (AvgIpc) is 3.92. The summed E-state index contributed by atoms with van der Waals surface area (Å²) in [6.45, 7) is 9.08. The van der Waals surface area contributed by atoms with Gasteiger partial charge in [-0.15, -0.1) is 11.3 Å². The van der Waals surface area contributed by atoms with E-state index in [1.165, 1.54) is 5.56 Å². The van der Waals surface area contributed by atoms with Crippen molar-refractivity contribution in [3.63, 3.8) is 0 Å². The first-order valence-corrected chi connectivity index (χ1v) is 25.4. The lowest BCUT2D eigenvalue weighted by atomic mass is 9.98. The average molecular weight is 962 g/mol. The van der Waals surface area contributed by atoms with Gasteiger partial charge in [-0.05, 0) is 110 Å². The number of carbonyl (C=O) groups excluding carboxylic acids is 2. The zero-order valence-corrected chi connectivity index (χ0v) is 40.6. The van der Waals surface area contributed by atoms with Gasteiger partial charge in [-0.2, -0.15) is 0 Å². The first kappa shape index (κ1) is 47.1. The van der Waals surface area contributed by atoms with Crippen molar-refractivity contribution in [1.29, 1.82) is 0 Å². The summed E-state index contributed by atoms with van der Waals surface area (Å²) in [4.78, 5) is 49.0. The van der Waals surface area contributed by atoms with Gasteiger partial charge in [-0.25, -0.2) is 23.4 Å². The molecular formula is C49H55N9O6S3. The third-order valence-corrected chi connectivity index (χ3v) is 15.1. The topological polar surface area (TPSA) is 162 Å². The highest BCUT2D eigenvalue weighted by Gasteiger charge is 2.27. The molecule has 4 aromatic carbocycles. The number of nitrogens with one attached hydrogen (secondary N) is 2. The Morgan fingerprint density at radius 1 is 0.716 bits per heavy atom. The highest BCUT2D eigenvalue weighted by atomic mass is 32.2. The molecule has 12 rings (SSSR count). The molecule has 0 aliphatic carbocycles. The second kappa shape index (κ2) is 22.0. The molecule has 2 unspecified atom stereocenters. The van der Waals surface area contributed by atoms with Crippen LogP contribution in [0.1, 0.15) is 55.8 Å². The summed E-state index contributed by atoms with van der Waals surface area (Å²) in [6.07, 6.45) is 9.18. The Hall–Kier alpha value is -6.37. The van der Waals surface area contributed by atoms with Gasteiger partial charge in [0.15, 0.2) is 5.13 Å². The van der Waals surface area contributed by atoms with Gasteiger partial charge >= 0.3 is 0 Å². The van der Waals surface area contributed by atoms with Crippen LogP contribution in [0.15, 0.2) is 113 Å². The number of aryl methyl sites for hydroxylation is 4. The predicted octanol–water partition coefficient (Wildman–Crippen LogP) is 7.33. The number of nitrogens with zero attached hydrogens (tertiary/aromatic N) is 7. The van der Waals surface area contributed by atoms with E-state index in [0.29, 0.717) is 83.3 Å². The van der Waals surface area contributed by atoms with Crippen LogP contribution in [0.2, 0.25) is 0 Å². The first-order valence-electron chi connectivity index (χ1n) is 22.3. The Balaban J connectivity index is 0.000000182. The van der Waals surface area contributed by atoms with Crippen LogP contribution < -0.4 is 28.7 Å². The number of anilines is 4. The summed E-state index contributed by atoms with van der Waals surface area (Å²) in [5, 5.41) is 2.99. The molecule has 0 spiro atoms. The van der Waals surface area contributed by atoms with Gasteiger partial charge in [0.25, 0.3) is 11.8 Å². The molecule has 67 heavy (non-hydrogen) atoms. The molecule has 0 saturated carbocycles. The summed E-state index contributed by atoms with van der Waals surface area (Å²) in [6, 6.07) is 24.5. The van der Waals surface area contributed by atoms with Crippen molar-refractivity contribution in [2.45, 2.75) is 49.3 Å². The number of aromatic nitrogens is 3. The fraction of sp³-hybridized carbons (Fsp3) is 0.327. The monoisotopic (exact) mass is 961 g/mol. The number of hydrogen-bond acceptors (Lipinski definition) is 12. The van der Waals surface area contributed by atoms with E-state index in [9.17, 15) is 18.0 Å². The number of carbonyl (C=O) groups is 2. The number of methoxy groups -OCH3 is 2. The van der Waals surface area contributed by atoms with E-state index in [-0.39, 0.29) is 11.8 Å². The largest absolute Gasteiger partial charge is 0.496 e. The van der Waals surface area contributed by atoms with Crippen LogP contribution in [0.4, 0.5) is 22.5 Å². The normalized spacial score (nSPS) is 16.6. The maximum atomic E-state index is 13.5. The molecule has 2 saturated heterocycles. The minimum absolute atomic E-state index is 0.0353. The van der Waals surface area contributed by atoms with Gasteiger partial charge in [-0.1, -0.05) is 24.3 Å². The summed E-state index contributed by atoms with van der Waals surface area (Å²) in [5.41, 5.74) is 6.67. The van der Waals surface area contributed by atoms with Gasteiger partial charge in [0.2, 0.25) is 5.95 Å². The molecule has 2 N–H and O–H groups in total. The van der Waals surface area contributed by atoms with Crippen molar-refractivity contribution in [1.82, 2.24) is 24.8 Å². The van der Waals surface area contributed by atoms with Crippen molar-refractivity contribution in [3.05, 3.63) is 136 Å². The zero-order chi connectivity index (χ0) is 46.9. The molecule has 15 nitrogen and oxygen atoms in total. The SMILES string of the molecule is COc1cc(OC)c(NS(=O)c2ccc(C)c(C(=O)N3CCN(c4ncccn4)CC3)c2)cc1C.O=C(c1cc2ccc1CCCCc1ccc(cc1)NS2=O)N1CCN(c2nccs2)CC1. The van der Waals surface area contributed by atoms with Crippen LogP contribution in [-0.2, 0) is 34.8 Å². The van der Waals surface area contributed by atoms with Gasteiger partial charge < -0.3 is 33.8 Å². The van der Waals surface area contributed by atoms with Gasteiger partial charge in [0.1, 0.15) is 33.5 Å². The summed E-state index contributed by atoms with van der Waals surface area (Å²) in [5.74, 6) is 1.83. The van der Waals surface area contributed by atoms with E-state index in [4.69, 9.17) is 9.47 Å². The van der Waals surface area contributed by atoms with Gasteiger partial charge in [-0.3, -0.25) is 14.3 Å². The third kappa shape index (κ3) is 11.4. The summed E-state index contributed by atoms with van der Waals surface area (Å²) in [7, 11) is 0.108. The van der Waals surface area contributed by atoms with E-state index in [2.05, 4.69) is 46.3 Å². The number of rotatable bonds is 9. The lowest BCUT2D eigenvalue weighted by Crippen LogP contribution is -2.49. The zero-order valence-electron chi connectivity index (χ0n) is 38.1. The molecule has 4 bridgehead atoms. The van der Waals surface area contributed by atoms with Crippen molar-refractivity contribution >= 4 is 67.6 Å². The first-order chi connectivity index (χ1) is 32.6. The minimum Gasteiger partial charge on any atom is -0.496 e. The van der Waals surface area contributed by atoms with Gasteiger partial charge in [0.05, 0.1) is 29.7 Å². The fourth-order valence-electron chi connectivity index (χ4n) is 8.26. The summed E-state index contributed by atoms with van der Waals surface area (Å²) >= 11 is 1.63. The fourth-order valence-corrected chi connectivity index (χ4v) is 10.7. The van der Waals surface area contributed by atoms with Crippen LogP contribution in [0.25, 0.3) is 0 Å². The van der Waals surface area contributed by atoms with E-state index in [1.54, 1.807) is 62.2 Å². The smallest absolute Gasteiger partial charge is 0.254 e. The number of thiazole rings is 1. The lowest BCUT2D eigenvalue weighted by molar-refractivity contribution is 0.0737. The number of amides is 2. The Bertz CT molecular complexity index is 2710. The molecule has 2 amide bonds. The van der Waals surface area contributed by atoms with E-state index < -0.39 is 22.0 Å². The van der Waals surface area contributed by atoms with Crippen LogP contribution in [0, 0.1) is 13.8 Å². The molecule has 18 heteroatoms.